The van der Waals surface area contributed by atoms with E-state index in [1.807, 2.05) is 0 Å². The Hall–Kier alpha value is -1.26. The average molecular weight is 333 g/mol. The third kappa shape index (κ3) is 6.04. The number of aliphatic hydroxyl groups is 3. The summed E-state index contributed by atoms with van der Waals surface area (Å²) in [5, 5.41) is 34.2. The molecule has 0 aromatic rings. The van der Waals surface area contributed by atoms with Crippen LogP contribution in [0, 0.1) is 0 Å². The largest absolute Gasteiger partial charge is 0.394 e. The second-order valence-corrected chi connectivity index (χ2v) is 5.65. The number of hydrogen-bond acceptors (Lipinski definition) is 7. The van der Waals surface area contributed by atoms with Gasteiger partial charge >= 0.3 is 0 Å². The first-order valence-corrected chi connectivity index (χ1v) is 7.79. The molecule has 0 aliphatic carbocycles. The van der Waals surface area contributed by atoms with Gasteiger partial charge in [0.2, 0.25) is 11.8 Å². The van der Waals surface area contributed by atoms with Crippen molar-refractivity contribution in [1.82, 2.24) is 10.6 Å². The van der Waals surface area contributed by atoms with Gasteiger partial charge in [-0.05, 0) is 19.4 Å². The van der Waals surface area contributed by atoms with Gasteiger partial charge in [0.25, 0.3) is 0 Å². The Labute approximate surface area is 135 Å². The Morgan fingerprint density at radius 1 is 1.13 bits per heavy atom. The van der Waals surface area contributed by atoms with Crippen LogP contribution in [0.1, 0.15) is 32.6 Å². The van der Waals surface area contributed by atoms with E-state index < -0.39 is 43.1 Å². The van der Waals surface area contributed by atoms with E-state index in [-0.39, 0.29) is 12.3 Å². The summed E-state index contributed by atoms with van der Waals surface area (Å²) >= 11 is 0. The molecule has 1 aliphatic rings. The highest BCUT2D eigenvalue weighted by Gasteiger charge is 2.45. The highest BCUT2D eigenvalue weighted by atomic mass is 16.5. The Balaban J connectivity index is 2.65. The standard InChI is InChI=1S/C14H27N3O6/c1-8(19)16-11-13(22)12(21)9(7-18)23-14(11)17-10(20)5-3-2-4-6-15/h9,11-14,18,21-22H,2-7,15H2,1H3,(H,16,19)(H,17,20)/t9-,11-,12+,13-,14+/m1/s1. The minimum absolute atomic E-state index is 0.259. The van der Waals surface area contributed by atoms with Crippen molar-refractivity contribution in [2.45, 2.75) is 63.2 Å². The van der Waals surface area contributed by atoms with E-state index in [1.165, 1.54) is 6.92 Å². The summed E-state index contributed by atoms with van der Waals surface area (Å²) in [7, 11) is 0. The third-order valence-corrected chi connectivity index (χ3v) is 3.71. The molecule has 0 saturated carbocycles. The van der Waals surface area contributed by atoms with E-state index in [2.05, 4.69) is 10.6 Å². The molecule has 0 unspecified atom stereocenters. The van der Waals surface area contributed by atoms with Gasteiger partial charge in [-0.15, -0.1) is 0 Å². The molecular formula is C14H27N3O6. The van der Waals surface area contributed by atoms with Gasteiger partial charge in [0, 0.05) is 13.3 Å². The van der Waals surface area contributed by atoms with Crippen molar-refractivity contribution in [3.05, 3.63) is 0 Å². The van der Waals surface area contributed by atoms with E-state index in [1.54, 1.807) is 0 Å². The minimum atomic E-state index is -1.37. The molecule has 0 bridgehead atoms. The van der Waals surface area contributed by atoms with Crippen LogP contribution in [0.4, 0.5) is 0 Å². The van der Waals surface area contributed by atoms with Crippen LogP contribution in [0.5, 0.6) is 0 Å². The van der Waals surface area contributed by atoms with Crippen molar-refractivity contribution in [3.8, 4) is 0 Å². The molecule has 9 nitrogen and oxygen atoms in total. The molecule has 0 radical (unpaired) electrons. The summed E-state index contributed by atoms with van der Waals surface area (Å²) in [6.07, 6.45) is -2.23. The first-order chi connectivity index (χ1) is 10.9. The average Bonchev–Trinajstić information content (AvgIpc) is 2.50. The summed E-state index contributed by atoms with van der Waals surface area (Å²) in [4.78, 5) is 23.2. The number of carbonyl (C=O) groups is 2. The first kappa shape index (κ1) is 19.8. The van der Waals surface area contributed by atoms with Crippen LogP contribution in [0.25, 0.3) is 0 Å². The molecule has 5 atom stereocenters. The smallest absolute Gasteiger partial charge is 0.222 e. The molecule has 1 heterocycles. The number of hydrogen-bond donors (Lipinski definition) is 6. The summed E-state index contributed by atoms with van der Waals surface area (Å²) in [6, 6.07) is -1.00. The van der Waals surface area contributed by atoms with Crippen LogP contribution in [0.2, 0.25) is 0 Å². The molecule has 23 heavy (non-hydrogen) atoms. The molecule has 7 N–H and O–H groups in total. The van der Waals surface area contributed by atoms with Gasteiger partial charge in [-0.2, -0.15) is 0 Å². The van der Waals surface area contributed by atoms with Gasteiger partial charge in [0.1, 0.15) is 24.4 Å². The number of nitrogens with one attached hydrogen (secondary N) is 2. The highest BCUT2D eigenvalue weighted by molar-refractivity contribution is 5.76. The number of rotatable bonds is 8. The van der Waals surface area contributed by atoms with Crippen LogP contribution in [-0.4, -0.2) is 70.9 Å². The second kappa shape index (κ2) is 9.78. The lowest BCUT2D eigenvalue weighted by atomic mass is 9.95. The monoisotopic (exact) mass is 333 g/mol. The fourth-order valence-electron chi connectivity index (χ4n) is 2.47. The van der Waals surface area contributed by atoms with E-state index in [0.29, 0.717) is 13.0 Å². The summed E-state index contributed by atoms with van der Waals surface area (Å²) in [6.45, 7) is 1.30. The van der Waals surface area contributed by atoms with E-state index in [4.69, 9.17) is 10.5 Å². The Morgan fingerprint density at radius 3 is 2.39 bits per heavy atom. The quantitative estimate of drug-likeness (QED) is 0.270. The Kier molecular flexibility index (Phi) is 8.42. The maximum Gasteiger partial charge on any atom is 0.222 e. The molecule has 0 aromatic carbocycles. The molecule has 134 valence electrons. The van der Waals surface area contributed by atoms with Crippen LogP contribution < -0.4 is 16.4 Å². The second-order valence-electron chi connectivity index (χ2n) is 5.65. The maximum atomic E-state index is 11.9. The minimum Gasteiger partial charge on any atom is -0.394 e. The molecule has 0 aromatic heterocycles. The van der Waals surface area contributed by atoms with Gasteiger partial charge in [-0.3, -0.25) is 9.59 Å². The number of nitrogens with two attached hydrogens (primary N) is 1. The normalized spacial score (nSPS) is 30.7. The van der Waals surface area contributed by atoms with Crippen molar-refractivity contribution in [1.29, 1.82) is 0 Å². The topological polar surface area (TPSA) is 154 Å². The summed E-state index contributed by atoms with van der Waals surface area (Å²) < 4.78 is 5.40. The summed E-state index contributed by atoms with van der Waals surface area (Å²) in [5.74, 6) is -0.739. The fourth-order valence-corrected chi connectivity index (χ4v) is 2.47. The maximum absolute atomic E-state index is 11.9. The summed E-state index contributed by atoms with van der Waals surface area (Å²) in [5.41, 5.74) is 5.38. The van der Waals surface area contributed by atoms with Crippen LogP contribution >= 0.6 is 0 Å². The van der Waals surface area contributed by atoms with Gasteiger partial charge in [0.15, 0.2) is 6.23 Å². The van der Waals surface area contributed by atoms with Crippen molar-refractivity contribution in [3.63, 3.8) is 0 Å². The zero-order valence-corrected chi connectivity index (χ0v) is 13.3. The van der Waals surface area contributed by atoms with Crippen LogP contribution in [0.3, 0.4) is 0 Å². The molecule has 1 saturated heterocycles. The number of amides is 2. The van der Waals surface area contributed by atoms with E-state index in [9.17, 15) is 24.9 Å². The number of aliphatic hydroxyl groups excluding tert-OH is 3. The number of ether oxygens (including phenoxy) is 1. The molecule has 2 amide bonds. The van der Waals surface area contributed by atoms with Gasteiger partial charge < -0.3 is 36.4 Å². The van der Waals surface area contributed by atoms with Crippen molar-refractivity contribution in [2.75, 3.05) is 13.2 Å². The van der Waals surface area contributed by atoms with Crippen molar-refractivity contribution in [2.24, 2.45) is 5.73 Å². The zero-order valence-electron chi connectivity index (χ0n) is 13.3. The molecule has 9 heteroatoms. The van der Waals surface area contributed by atoms with Crippen molar-refractivity contribution < 1.29 is 29.6 Å². The molecule has 1 rings (SSSR count). The van der Waals surface area contributed by atoms with Gasteiger partial charge in [-0.25, -0.2) is 0 Å². The predicted octanol–water partition coefficient (Wildman–Crippen LogP) is -2.43. The predicted molar refractivity (Wildman–Crippen MR) is 81.0 cm³/mol. The lowest BCUT2D eigenvalue weighted by Crippen LogP contribution is -2.68. The SMILES string of the molecule is CC(=O)N[C@@H]1[C@@H](O)[C@@H](O)[C@@H](CO)O[C@@H]1NC(=O)CCCCCN. The molecular weight excluding hydrogens is 306 g/mol. The Bertz CT molecular complexity index is 395. The van der Waals surface area contributed by atoms with E-state index >= 15 is 0 Å². The molecule has 1 aliphatic heterocycles. The third-order valence-electron chi connectivity index (χ3n) is 3.71. The molecule has 0 spiro atoms. The number of unbranched alkanes of at least 4 members (excludes halogenated alkanes) is 2. The zero-order chi connectivity index (χ0) is 17.4. The molecule has 1 fully saturated rings. The van der Waals surface area contributed by atoms with Crippen LogP contribution in [-0.2, 0) is 14.3 Å². The highest BCUT2D eigenvalue weighted by Crippen LogP contribution is 2.20. The van der Waals surface area contributed by atoms with Gasteiger partial charge in [0.05, 0.1) is 6.61 Å². The number of carbonyl (C=O) groups excluding carboxylic acids is 2. The Morgan fingerprint density at radius 2 is 1.83 bits per heavy atom. The lowest BCUT2D eigenvalue weighted by Gasteiger charge is -2.42. The van der Waals surface area contributed by atoms with Gasteiger partial charge in [-0.1, -0.05) is 6.42 Å². The first-order valence-electron chi connectivity index (χ1n) is 7.79. The van der Waals surface area contributed by atoms with Crippen molar-refractivity contribution >= 4 is 11.8 Å². The van der Waals surface area contributed by atoms with Crippen LogP contribution in [0.15, 0.2) is 0 Å². The lowest BCUT2D eigenvalue weighted by molar-refractivity contribution is -0.203. The van der Waals surface area contributed by atoms with E-state index in [0.717, 1.165) is 12.8 Å². The fraction of sp³-hybridized carbons (Fsp3) is 0.857.